The van der Waals surface area contributed by atoms with Crippen LogP contribution in [0.4, 0.5) is 11.5 Å². The van der Waals surface area contributed by atoms with Gasteiger partial charge in [0.15, 0.2) is 0 Å². The Bertz CT molecular complexity index is 977. The number of nitro groups is 1. The Morgan fingerprint density at radius 1 is 1.11 bits per heavy atom. The minimum absolute atomic E-state index is 0.190. The van der Waals surface area contributed by atoms with Crippen molar-refractivity contribution in [3.8, 4) is 11.6 Å². The molecular weight excluding hydrogens is 362 g/mol. The molecule has 0 aliphatic heterocycles. The summed E-state index contributed by atoms with van der Waals surface area (Å²) in [5, 5.41) is 11.5. The van der Waals surface area contributed by atoms with Crippen LogP contribution < -0.4 is 15.6 Å². The van der Waals surface area contributed by atoms with Gasteiger partial charge in [-0.05, 0) is 36.2 Å². The summed E-state index contributed by atoms with van der Waals surface area (Å²) in [5.74, 6) is -0.491. The molecule has 0 saturated heterocycles. The highest BCUT2D eigenvalue weighted by Crippen LogP contribution is 2.33. The van der Waals surface area contributed by atoms with Crippen LogP contribution in [0.2, 0.25) is 0 Å². The van der Waals surface area contributed by atoms with Crippen molar-refractivity contribution < 1.29 is 14.5 Å². The zero-order valence-corrected chi connectivity index (χ0v) is 15.0. The summed E-state index contributed by atoms with van der Waals surface area (Å²) in [6.45, 7) is 2.02. The fourth-order valence-electron chi connectivity index (χ4n) is 2.38. The van der Waals surface area contributed by atoms with Crippen molar-refractivity contribution in [2.45, 2.75) is 13.3 Å². The molecule has 142 valence electrons. The standard InChI is InChI=1S/C19H17N5O4/c1-2-13-8-10-15(11-9-13)28-19-16(24(26)27)17(20-12-21-19)22-23-18(25)14-6-4-3-5-7-14/h3-12H,2H2,1H3,(H,23,25)(H,20,21,22). The van der Waals surface area contributed by atoms with Crippen LogP contribution in [0.3, 0.4) is 0 Å². The first-order valence-corrected chi connectivity index (χ1v) is 8.46. The molecule has 9 heteroatoms. The summed E-state index contributed by atoms with van der Waals surface area (Å²) in [6, 6.07) is 15.5. The zero-order chi connectivity index (χ0) is 19.9. The average Bonchev–Trinajstić information content (AvgIpc) is 2.73. The third-order valence-corrected chi connectivity index (χ3v) is 3.85. The van der Waals surface area contributed by atoms with Crippen molar-refractivity contribution in [1.82, 2.24) is 15.4 Å². The van der Waals surface area contributed by atoms with Gasteiger partial charge in [0.05, 0.1) is 4.92 Å². The van der Waals surface area contributed by atoms with Crippen molar-refractivity contribution in [3.63, 3.8) is 0 Å². The fraction of sp³-hybridized carbons (Fsp3) is 0.105. The Labute approximate surface area is 160 Å². The number of nitrogens with zero attached hydrogens (tertiary/aromatic N) is 3. The Balaban J connectivity index is 1.80. The lowest BCUT2D eigenvalue weighted by Crippen LogP contribution is -2.30. The van der Waals surface area contributed by atoms with Crippen LogP contribution in [-0.2, 0) is 6.42 Å². The number of anilines is 1. The van der Waals surface area contributed by atoms with Gasteiger partial charge in [-0.1, -0.05) is 37.3 Å². The second-order valence-corrected chi connectivity index (χ2v) is 5.68. The fourth-order valence-corrected chi connectivity index (χ4v) is 2.38. The van der Waals surface area contributed by atoms with E-state index in [1.165, 1.54) is 0 Å². The Kier molecular flexibility index (Phi) is 5.75. The SMILES string of the molecule is CCc1ccc(Oc2ncnc(NNC(=O)c3ccccc3)c2[N+](=O)[O-])cc1. The molecule has 0 saturated carbocycles. The third-order valence-electron chi connectivity index (χ3n) is 3.85. The van der Waals surface area contributed by atoms with E-state index in [4.69, 9.17) is 4.74 Å². The van der Waals surface area contributed by atoms with Gasteiger partial charge in [-0.15, -0.1) is 0 Å². The van der Waals surface area contributed by atoms with Crippen LogP contribution in [0.15, 0.2) is 60.9 Å². The zero-order valence-electron chi connectivity index (χ0n) is 15.0. The van der Waals surface area contributed by atoms with Gasteiger partial charge in [0.1, 0.15) is 12.1 Å². The number of benzene rings is 2. The molecule has 0 radical (unpaired) electrons. The monoisotopic (exact) mass is 379 g/mol. The Morgan fingerprint density at radius 2 is 1.82 bits per heavy atom. The van der Waals surface area contributed by atoms with Crippen LogP contribution >= 0.6 is 0 Å². The number of aromatic nitrogens is 2. The molecule has 0 aliphatic rings. The highest BCUT2D eigenvalue weighted by Gasteiger charge is 2.25. The molecule has 3 aromatic rings. The smallest absolute Gasteiger partial charge is 0.374 e. The molecule has 0 bridgehead atoms. The molecule has 0 atom stereocenters. The number of hydrogen-bond acceptors (Lipinski definition) is 7. The first-order chi connectivity index (χ1) is 13.6. The summed E-state index contributed by atoms with van der Waals surface area (Å²) >= 11 is 0. The van der Waals surface area contributed by atoms with Gasteiger partial charge in [-0.25, -0.2) is 4.98 Å². The van der Waals surface area contributed by atoms with Crippen LogP contribution in [0, 0.1) is 10.1 Å². The molecule has 1 heterocycles. The summed E-state index contributed by atoms with van der Waals surface area (Å²) in [6.07, 6.45) is 1.98. The van der Waals surface area contributed by atoms with E-state index in [-0.39, 0.29) is 11.7 Å². The lowest BCUT2D eigenvalue weighted by molar-refractivity contribution is -0.385. The minimum atomic E-state index is -0.674. The van der Waals surface area contributed by atoms with E-state index in [0.717, 1.165) is 18.3 Å². The molecule has 0 spiro atoms. The normalized spacial score (nSPS) is 10.2. The van der Waals surface area contributed by atoms with Crippen molar-refractivity contribution in [2.75, 3.05) is 5.43 Å². The second-order valence-electron chi connectivity index (χ2n) is 5.68. The van der Waals surface area contributed by atoms with Gasteiger partial charge in [-0.3, -0.25) is 25.8 Å². The summed E-state index contributed by atoms with van der Waals surface area (Å²) in [7, 11) is 0. The van der Waals surface area contributed by atoms with E-state index in [0.29, 0.717) is 11.3 Å². The molecule has 1 amide bonds. The summed E-state index contributed by atoms with van der Waals surface area (Å²) in [5.41, 5.74) is 5.85. The van der Waals surface area contributed by atoms with E-state index in [1.807, 2.05) is 19.1 Å². The maximum absolute atomic E-state index is 12.1. The van der Waals surface area contributed by atoms with E-state index in [1.54, 1.807) is 42.5 Å². The topological polar surface area (TPSA) is 119 Å². The molecule has 1 aromatic heterocycles. The van der Waals surface area contributed by atoms with Crippen LogP contribution in [0.5, 0.6) is 11.6 Å². The van der Waals surface area contributed by atoms with Crippen LogP contribution in [0.1, 0.15) is 22.8 Å². The van der Waals surface area contributed by atoms with Gasteiger partial charge in [0.25, 0.3) is 5.91 Å². The summed E-state index contributed by atoms with van der Waals surface area (Å²) in [4.78, 5) is 30.7. The number of nitrogens with one attached hydrogen (secondary N) is 2. The maximum atomic E-state index is 12.1. The molecule has 2 aromatic carbocycles. The lowest BCUT2D eigenvalue weighted by Gasteiger charge is -2.10. The highest BCUT2D eigenvalue weighted by molar-refractivity contribution is 5.94. The second kappa shape index (κ2) is 8.58. The van der Waals surface area contributed by atoms with Gasteiger partial charge >= 0.3 is 11.6 Å². The average molecular weight is 379 g/mol. The lowest BCUT2D eigenvalue weighted by atomic mass is 10.2. The van der Waals surface area contributed by atoms with Crippen LogP contribution in [0.25, 0.3) is 0 Å². The first-order valence-electron chi connectivity index (χ1n) is 8.46. The number of aryl methyl sites for hydroxylation is 1. The highest BCUT2D eigenvalue weighted by atomic mass is 16.6. The van der Waals surface area contributed by atoms with E-state index in [2.05, 4.69) is 20.8 Å². The molecule has 28 heavy (non-hydrogen) atoms. The third kappa shape index (κ3) is 4.39. The van der Waals surface area contributed by atoms with Gasteiger partial charge < -0.3 is 4.74 Å². The predicted octanol–water partition coefficient (Wildman–Crippen LogP) is 3.50. The number of ether oxygens (including phenoxy) is 1. The number of carbonyl (C=O) groups is 1. The predicted molar refractivity (Wildman–Crippen MR) is 102 cm³/mol. The molecule has 2 N–H and O–H groups in total. The molecule has 0 fully saturated rings. The van der Waals surface area contributed by atoms with Gasteiger partial charge in [0.2, 0.25) is 5.82 Å². The molecule has 0 unspecified atom stereocenters. The first kappa shape index (κ1) is 18.8. The van der Waals surface area contributed by atoms with E-state index in [9.17, 15) is 14.9 Å². The number of rotatable bonds is 7. The largest absolute Gasteiger partial charge is 0.434 e. The van der Waals surface area contributed by atoms with Crippen molar-refractivity contribution in [2.24, 2.45) is 0 Å². The minimum Gasteiger partial charge on any atom is -0.434 e. The maximum Gasteiger partial charge on any atom is 0.374 e. The molecule has 3 rings (SSSR count). The molecular formula is C19H17N5O4. The number of carbonyl (C=O) groups excluding carboxylic acids is 1. The Morgan fingerprint density at radius 3 is 2.46 bits per heavy atom. The summed E-state index contributed by atoms with van der Waals surface area (Å²) < 4.78 is 5.56. The van der Waals surface area contributed by atoms with Crippen LogP contribution in [-0.4, -0.2) is 20.8 Å². The van der Waals surface area contributed by atoms with Crippen molar-refractivity contribution >= 4 is 17.4 Å². The molecule has 0 aliphatic carbocycles. The number of hydrazine groups is 1. The van der Waals surface area contributed by atoms with Gasteiger partial charge in [-0.2, -0.15) is 4.98 Å². The quantitative estimate of drug-likeness (QED) is 0.476. The molecule has 9 nitrogen and oxygen atoms in total. The Hall–Kier alpha value is -4.01. The van der Waals surface area contributed by atoms with Crippen molar-refractivity contribution in [3.05, 3.63) is 82.2 Å². The van der Waals surface area contributed by atoms with Crippen molar-refractivity contribution in [1.29, 1.82) is 0 Å². The van der Waals surface area contributed by atoms with E-state index < -0.39 is 16.5 Å². The van der Waals surface area contributed by atoms with E-state index >= 15 is 0 Å². The number of hydrogen-bond donors (Lipinski definition) is 2. The van der Waals surface area contributed by atoms with Gasteiger partial charge in [0, 0.05) is 5.56 Å². The number of amides is 1.